The lowest BCUT2D eigenvalue weighted by Crippen LogP contribution is -2.43. The maximum atomic E-state index is 6.08. The predicted octanol–water partition coefficient (Wildman–Crippen LogP) is 3.73. The average Bonchev–Trinajstić information content (AvgIpc) is 2.69. The topological polar surface area (TPSA) is 29.3 Å². The molecule has 1 fully saturated rings. The number of likely N-dealkylation sites (N-methyl/N-ethyl adjacent to an activating group) is 1. The molecule has 0 bridgehead atoms. The largest absolute Gasteiger partial charge is 0.370 e. The van der Waals surface area contributed by atoms with Crippen LogP contribution in [0.5, 0.6) is 0 Å². The van der Waals surface area contributed by atoms with Gasteiger partial charge in [0.1, 0.15) is 0 Å². The highest BCUT2D eigenvalue weighted by Crippen LogP contribution is 2.29. The second-order valence-electron chi connectivity index (χ2n) is 6.00. The van der Waals surface area contributed by atoms with Crippen molar-refractivity contribution in [3.8, 4) is 0 Å². The average molecular weight is 260 g/mol. The van der Waals surface area contributed by atoms with Gasteiger partial charge in [-0.2, -0.15) is 0 Å². The third-order valence-corrected chi connectivity index (χ3v) is 4.62. The summed E-state index contributed by atoms with van der Waals surface area (Å²) in [6.07, 6.45) is 8.26. The van der Waals surface area contributed by atoms with Crippen molar-refractivity contribution in [1.82, 2.24) is 0 Å². The van der Waals surface area contributed by atoms with Crippen LogP contribution in [0.1, 0.15) is 44.1 Å². The van der Waals surface area contributed by atoms with Crippen molar-refractivity contribution >= 4 is 5.69 Å². The van der Waals surface area contributed by atoms with Crippen LogP contribution in [0, 0.1) is 12.8 Å². The molecule has 0 spiro atoms. The van der Waals surface area contributed by atoms with E-state index in [1.54, 1.807) is 0 Å². The summed E-state index contributed by atoms with van der Waals surface area (Å²) in [5.41, 5.74) is 8.69. The molecule has 0 heterocycles. The molecular formula is C17H28N2. The van der Waals surface area contributed by atoms with Crippen LogP contribution in [0.2, 0.25) is 0 Å². The molecule has 2 heteroatoms. The van der Waals surface area contributed by atoms with Crippen molar-refractivity contribution in [3.05, 3.63) is 29.8 Å². The van der Waals surface area contributed by atoms with E-state index in [9.17, 15) is 0 Å². The molecule has 1 aromatic rings. The summed E-state index contributed by atoms with van der Waals surface area (Å²) < 4.78 is 0. The number of anilines is 1. The van der Waals surface area contributed by atoms with Crippen molar-refractivity contribution in [2.75, 3.05) is 18.5 Å². The Labute approximate surface area is 118 Å². The molecule has 0 amide bonds. The zero-order valence-corrected chi connectivity index (χ0v) is 12.4. The summed E-state index contributed by atoms with van der Waals surface area (Å²) in [7, 11) is 2.20. The Morgan fingerprint density at radius 1 is 1.11 bits per heavy atom. The number of hydrogen-bond acceptors (Lipinski definition) is 2. The first-order valence-electron chi connectivity index (χ1n) is 7.72. The van der Waals surface area contributed by atoms with Gasteiger partial charge in [-0.1, -0.05) is 43.4 Å². The second kappa shape index (κ2) is 6.95. The van der Waals surface area contributed by atoms with Gasteiger partial charge in [0.2, 0.25) is 0 Å². The zero-order valence-electron chi connectivity index (χ0n) is 12.4. The number of nitrogens with zero attached hydrogens (tertiary/aromatic N) is 1. The highest BCUT2D eigenvalue weighted by molar-refractivity contribution is 5.48. The molecule has 0 saturated heterocycles. The highest BCUT2D eigenvalue weighted by atomic mass is 15.1. The fourth-order valence-electron chi connectivity index (χ4n) is 3.33. The first kappa shape index (κ1) is 14.4. The molecule has 0 aliphatic heterocycles. The number of benzene rings is 1. The van der Waals surface area contributed by atoms with E-state index in [1.165, 1.54) is 49.8 Å². The van der Waals surface area contributed by atoms with Gasteiger partial charge in [0.05, 0.1) is 0 Å². The maximum absolute atomic E-state index is 6.08. The van der Waals surface area contributed by atoms with Crippen LogP contribution < -0.4 is 10.6 Å². The van der Waals surface area contributed by atoms with Crippen LogP contribution in [-0.4, -0.2) is 19.6 Å². The molecule has 2 rings (SSSR count). The van der Waals surface area contributed by atoms with E-state index >= 15 is 0 Å². The van der Waals surface area contributed by atoms with E-state index in [0.717, 1.165) is 12.5 Å². The molecule has 0 radical (unpaired) electrons. The summed E-state index contributed by atoms with van der Waals surface area (Å²) in [5, 5.41) is 0. The van der Waals surface area contributed by atoms with Crippen LogP contribution in [-0.2, 0) is 0 Å². The fourth-order valence-corrected chi connectivity index (χ4v) is 3.33. The lowest BCUT2D eigenvalue weighted by molar-refractivity contribution is 0.369. The van der Waals surface area contributed by atoms with E-state index in [0.29, 0.717) is 6.04 Å². The molecule has 2 nitrogen and oxygen atoms in total. The number of rotatable bonds is 4. The Balaban J connectivity index is 2.08. The lowest BCUT2D eigenvalue weighted by Gasteiger charge is -2.35. The van der Waals surface area contributed by atoms with Gasteiger partial charge in [-0.15, -0.1) is 0 Å². The first-order valence-corrected chi connectivity index (χ1v) is 7.72. The van der Waals surface area contributed by atoms with Crippen LogP contribution in [0.3, 0.4) is 0 Å². The summed E-state index contributed by atoms with van der Waals surface area (Å²) in [4.78, 5) is 2.40. The Bertz CT molecular complexity index is 363. The smallest absolute Gasteiger partial charge is 0.0437 e. The molecule has 0 aromatic heterocycles. The SMILES string of the molecule is Cc1ccc(N(C)C(CN)C2CCCCCC2)cc1. The molecule has 106 valence electrons. The summed E-state index contributed by atoms with van der Waals surface area (Å²) in [6, 6.07) is 9.29. The Morgan fingerprint density at radius 3 is 2.21 bits per heavy atom. The van der Waals surface area contributed by atoms with Crippen molar-refractivity contribution in [1.29, 1.82) is 0 Å². The minimum Gasteiger partial charge on any atom is -0.370 e. The van der Waals surface area contributed by atoms with Crippen LogP contribution in [0.4, 0.5) is 5.69 Å². The molecular weight excluding hydrogens is 232 g/mol. The molecule has 1 saturated carbocycles. The van der Waals surface area contributed by atoms with Crippen LogP contribution in [0.25, 0.3) is 0 Å². The van der Waals surface area contributed by atoms with Gasteiger partial charge in [-0.25, -0.2) is 0 Å². The van der Waals surface area contributed by atoms with E-state index in [-0.39, 0.29) is 0 Å². The number of hydrogen-bond donors (Lipinski definition) is 1. The first-order chi connectivity index (χ1) is 9.22. The molecule has 1 atom stereocenters. The van der Waals surface area contributed by atoms with Crippen molar-refractivity contribution < 1.29 is 0 Å². The van der Waals surface area contributed by atoms with Crippen LogP contribution in [0.15, 0.2) is 24.3 Å². The maximum Gasteiger partial charge on any atom is 0.0437 e. The fraction of sp³-hybridized carbons (Fsp3) is 0.647. The molecule has 19 heavy (non-hydrogen) atoms. The highest BCUT2D eigenvalue weighted by Gasteiger charge is 2.25. The third kappa shape index (κ3) is 3.73. The summed E-state index contributed by atoms with van der Waals surface area (Å²) in [5.74, 6) is 0.763. The number of nitrogens with two attached hydrogens (primary N) is 1. The van der Waals surface area contributed by atoms with E-state index in [4.69, 9.17) is 5.73 Å². The van der Waals surface area contributed by atoms with Crippen molar-refractivity contribution in [3.63, 3.8) is 0 Å². The normalized spacial score (nSPS) is 18.9. The molecule has 1 aliphatic carbocycles. The Morgan fingerprint density at radius 2 is 1.68 bits per heavy atom. The van der Waals surface area contributed by atoms with Crippen molar-refractivity contribution in [2.45, 2.75) is 51.5 Å². The molecule has 1 unspecified atom stereocenters. The minimum absolute atomic E-state index is 0.487. The van der Waals surface area contributed by atoms with Gasteiger partial charge in [0, 0.05) is 25.3 Å². The van der Waals surface area contributed by atoms with E-state index in [1.807, 2.05) is 0 Å². The van der Waals surface area contributed by atoms with E-state index < -0.39 is 0 Å². The van der Waals surface area contributed by atoms with Gasteiger partial charge in [-0.3, -0.25) is 0 Å². The van der Waals surface area contributed by atoms with Crippen LogP contribution >= 0.6 is 0 Å². The van der Waals surface area contributed by atoms with E-state index in [2.05, 4.69) is 43.1 Å². The molecule has 1 aliphatic rings. The van der Waals surface area contributed by atoms with Gasteiger partial charge in [-0.05, 0) is 37.8 Å². The predicted molar refractivity (Wildman–Crippen MR) is 83.6 cm³/mol. The second-order valence-corrected chi connectivity index (χ2v) is 6.00. The van der Waals surface area contributed by atoms with Crippen molar-refractivity contribution in [2.24, 2.45) is 11.7 Å². The Kier molecular flexibility index (Phi) is 5.26. The summed E-state index contributed by atoms with van der Waals surface area (Å²) in [6.45, 7) is 2.89. The number of aryl methyl sites for hydroxylation is 1. The quantitative estimate of drug-likeness (QED) is 0.836. The van der Waals surface area contributed by atoms with Gasteiger partial charge in [0.25, 0.3) is 0 Å². The Hall–Kier alpha value is -1.02. The minimum atomic E-state index is 0.487. The summed E-state index contributed by atoms with van der Waals surface area (Å²) >= 11 is 0. The van der Waals surface area contributed by atoms with Gasteiger partial charge >= 0.3 is 0 Å². The molecule has 2 N–H and O–H groups in total. The molecule has 1 aromatic carbocycles. The van der Waals surface area contributed by atoms with Gasteiger partial charge in [0.15, 0.2) is 0 Å². The zero-order chi connectivity index (χ0) is 13.7. The monoisotopic (exact) mass is 260 g/mol. The third-order valence-electron chi connectivity index (χ3n) is 4.62. The lowest BCUT2D eigenvalue weighted by atomic mass is 9.90. The standard InChI is InChI=1S/C17H28N2/c1-14-9-11-16(12-10-14)19(2)17(13-18)15-7-5-3-4-6-8-15/h9-12,15,17H,3-8,13,18H2,1-2H3. The van der Waals surface area contributed by atoms with Gasteiger partial charge < -0.3 is 10.6 Å².